The molecule has 0 aromatic rings. The lowest BCUT2D eigenvalue weighted by Crippen LogP contribution is -2.25. The third kappa shape index (κ3) is 3.51. The molecular formula is C9H17NO. The third-order valence-corrected chi connectivity index (χ3v) is 2.39. The Morgan fingerprint density at radius 2 is 2.00 bits per heavy atom. The van der Waals surface area contributed by atoms with Crippen LogP contribution in [-0.4, -0.2) is 19.4 Å². The number of carbonyl (C=O) groups is 1. The number of aldehydes is 1. The summed E-state index contributed by atoms with van der Waals surface area (Å²) in [5.74, 6) is 0.837. The minimum absolute atomic E-state index is 0.524. The molecular weight excluding hydrogens is 138 g/mol. The zero-order valence-electron chi connectivity index (χ0n) is 7.01. The minimum atomic E-state index is 0.524. The van der Waals surface area contributed by atoms with Gasteiger partial charge in [0.05, 0.1) is 6.54 Å². The van der Waals surface area contributed by atoms with Crippen LogP contribution in [0.15, 0.2) is 0 Å². The van der Waals surface area contributed by atoms with Gasteiger partial charge in [-0.2, -0.15) is 0 Å². The van der Waals surface area contributed by atoms with Crippen LogP contribution in [-0.2, 0) is 4.79 Å². The van der Waals surface area contributed by atoms with Crippen LogP contribution in [0, 0.1) is 5.92 Å². The van der Waals surface area contributed by atoms with Crippen molar-refractivity contribution < 1.29 is 4.79 Å². The zero-order valence-corrected chi connectivity index (χ0v) is 7.01. The molecule has 1 aliphatic carbocycles. The van der Waals surface area contributed by atoms with E-state index in [9.17, 15) is 4.79 Å². The van der Waals surface area contributed by atoms with Gasteiger partial charge in [0.25, 0.3) is 0 Å². The van der Waals surface area contributed by atoms with E-state index in [0.717, 1.165) is 18.7 Å². The molecule has 0 radical (unpaired) electrons. The average molecular weight is 155 g/mol. The van der Waals surface area contributed by atoms with Gasteiger partial charge in [-0.05, 0) is 25.3 Å². The van der Waals surface area contributed by atoms with Gasteiger partial charge in [0.2, 0.25) is 0 Å². The summed E-state index contributed by atoms with van der Waals surface area (Å²) in [4.78, 5) is 9.98. The van der Waals surface area contributed by atoms with E-state index in [1.54, 1.807) is 0 Å². The van der Waals surface area contributed by atoms with Crippen molar-refractivity contribution in [2.24, 2.45) is 5.92 Å². The quantitative estimate of drug-likeness (QED) is 0.490. The molecule has 11 heavy (non-hydrogen) atoms. The lowest BCUT2D eigenvalue weighted by molar-refractivity contribution is -0.107. The summed E-state index contributed by atoms with van der Waals surface area (Å²) in [6.07, 6.45) is 7.81. The van der Waals surface area contributed by atoms with Crippen LogP contribution in [0.5, 0.6) is 0 Å². The fourth-order valence-corrected chi connectivity index (χ4v) is 1.74. The van der Waals surface area contributed by atoms with Crippen molar-refractivity contribution >= 4 is 6.29 Å². The van der Waals surface area contributed by atoms with Gasteiger partial charge in [0, 0.05) is 0 Å². The number of nitrogens with one attached hydrogen (secondary N) is 1. The van der Waals surface area contributed by atoms with Gasteiger partial charge >= 0.3 is 0 Å². The van der Waals surface area contributed by atoms with Crippen molar-refractivity contribution in [3.8, 4) is 0 Å². The standard InChI is InChI=1S/C9H17NO/c11-7-6-10-8-9-4-2-1-3-5-9/h7,9-10H,1-6,8H2. The van der Waals surface area contributed by atoms with Crippen molar-refractivity contribution in [1.82, 2.24) is 5.32 Å². The van der Waals surface area contributed by atoms with Crippen molar-refractivity contribution in [1.29, 1.82) is 0 Å². The van der Waals surface area contributed by atoms with E-state index in [1.165, 1.54) is 32.1 Å². The Hall–Kier alpha value is -0.370. The maximum Gasteiger partial charge on any atom is 0.133 e. The molecule has 1 fully saturated rings. The summed E-state index contributed by atoms with van der Waals surface area (Å²) in [7, 11) is 0. The summed E-state index contributed by atoms with van der Waals surface area (Å²) in [5, 5.41) is 3.14. The normalized spacial score (nSPS) is 20.0. The second-order valence-corrected chi connectivity index (χ2v) is 3.33. The maximum atomic E-state index is 9.98. The number of rotatable bonds is 4. The topological polar surface area (TPSA) is 29.1 Å². The van der Waals surface area contributed by atoms with Crippen LogP contribution in [0.3, 0.4) is 0 Å². The van der Waals surface area contributed by atoms with Crippen molar-refractivity contribution in [2.75, 3.05) is 13.1 Å². The Morgan fingerprint density at radius 3 is 2.64 bits per heavy atom. The molecule has 1 rings (SSSR count). The maximum absolute atomic E-state index is 9.98. The molecule has 0 aromatic carbocycles. The SMILES string of the molecule is O=CCNCC1CCCCC1. The minimum Gasteiger partial charge on any atom is -0.310 e. The molecule has 0 bridgehead atoms. The predicted octanol–water partition coefficient (Wildman–Crippen LogP) is 1.36. The molecule has 1 aliphatic rings. The lowest BCUT2D eigenvalue weighted by Gasteiger charge is -2.21. The lowest BCUT2D eigenvalue weighted by atomic mass is 9.89. The van der Waals surface area contributed by atoms with Crippen LogP contribution in [0.4, 0.5) is 0 Å². The van der Waals surface area contributed by atoms with E-state index in [1.807, 2.05) is 0 Å². The van der Waals surface area contributed by atoms with E-state index in [2.05, 4.69) is 5.32 Å². The van der Waals surface area contributed by atoms with E-state index in [4.69, 9.17) is 0 Å². The second kappa shape index (κ2) is 5.30. The van der Waals surface area contributed by atoms with Gasteiger partial charge in [0.1, 0.15) is 6.29 Å². The van der Waals surface area contributed by atoms with Crippen molar-refractivity contribution in [3.63, 3.8) is 0 Å². The molecule has 0 spiro atoms. The summed E-state index contributed by atoms with van der Waals surface area (Å²) in [6.45, 7) is 1.56. The molecule has 64 valence electrons. The molecule has 1 N–H and O–H groups in total. The Labute approximate surface area is 68.4 Å². The van der Waals surface area contributed by atoms with Gasteiger partial charge in [-0.1, -0.05) is 19.3 Å². The largest absolute Gasteiger partial charge is 0.310 e. The molecule has 0 amide bonds. The average Bonchev–Trinajstić information content (AvgIpc) is 2.07. The molecule has 0 aromatic heterocycles. The fraction of sp³-hybridized carbons (Fsp3) is 0.889. The second-order valence-electron chi connectivity index (χ2n) is 3.33. The summed E-state index contributed by atoms with van der Waals surface area (Å²) < 4.78 is 0. The first-order valence-corrected chi connectivity index (χ1v) is 4.58. The summed E-state index contributed by atoms with van der Waals surface area (Å²) in [5.41, 5.74) is 0. The van der Waals surface area contributed by atoms with Gasteiger partial charge in [-0.3, -0.25) is 0 Å². The Balaban J connectivity index is 2.00. The molecule has 0 atom stereocenters. The van der Waals surface area contributed by atoms with Crippen LogP contribution in [0.2, 0.25) is 0 Å². The Morgan fingerprint density at radius 1 is 1.27 bits per heavy atom. The van der Waals surface area contributed by atoms with Crippen LogP contribution < -0.4 is 5.32 Å². The highest BCUT2D eigenvalue weighted by atomic mass is 16.1. The Kier molecular flexibility index (Phi) is 4.21. The van der Waals surface area contributed by atoms with Crippen LogP contribution in [0.1, 0.15) is 32.1 Å². The number of hydrogen-bond donors (Lipinski definition) is 1. The monoisotopic (exact) mass is 155 g/mol. The summed E-state index contributed by atoms with van der Waals surface area (Å²) >= 11 is 0. The van der Waals surface area contributed by atoms with E-state index in [-0.39, 0.29) is 0 Å². The summed E-state index contributed by atoms with van der Waals surface area (Å²) in [6, 6.07) is 0. The number of hydrogen-bond acceptors (Lipinski definition) is 2. The molecule has 1 saturated carbocycles. The van der Waals surface area contributed by atoms with E-state index < -0.39 is 0 Å². The van der Waals surface area contributed by atoms with Crippen LogP contribution >= 0.6 is 0 Å². The number of carbonyl (C=O) groups excluding carboxylic acids is 1. The molecule has 0 heterocycles. The fourth-order valence-electron chi connectivity index (χ4n) is 1.74. The van der Waals surface area contributed by atoms with Gasteiger partial charge in [0.15, 0.2) is 0 Å². The smallest absolute Gasteiger partial charge is 0.133 e. The molecule has 2 heteroatoms. The molecule has 0 saturated heterocycles. The highest BCUT2D eigenvalue weighted by Crippen LogP contribution is 2.22. The van der Waals surface area contributed by atoms with E-state index >= 15 is 0 Å². The first-order valence-electron chi connectivity index (χ1n) is 4.58. The van der Waals surface area contributed by atoms with E-state index in [0.29, 0.717) is 6.54 Å². The molecule has 0 unspecified atom stereocenters. The molecule has 2 nitrogen and oxygen atoms in total. The third-order valence-electron chi connectivity index (χ3n) is 2.39. The van der Waals surface area contributed by atoms with Crippen molar-refractivity contribution in [2.45, 2.75) is 32.1 Å². The highest BCUT2D eigenvalue weighted by molar-refractivity contribution is 5.51. The van der Waals surface area contributed by atoms with Gasteiger partial charge < -0.3 is 10.1 Å². The van der Waals surface area contributed by atoms with Crippen LogP contribution in [0.25, 0.3) is 0 Å². The molecule has 0 aliphatic heterocycles. The zero-order chi connectivity index (χ0) is 7.94. The Bertz CT molecular complexity index is 108. The van der Waals surface area contributed by atoms with Gasteiger partial charge in [-0.15, -0.1) is 0 Å². The first-order chi connectivity index (χ1) is 5.43. The highest BCUT2D eigenvalue weighted by Gasteiger charge is 2.11. The van der Waals surface area contributed by atoms with Gasteiger partial charge in [-0.25, -0.2) is 0 Å². The first kappa shape index (κ1) is 8.72. The predicted molar refractivity (Wildman–Crippen MR) is 45.5 cm³/mol. The van der Waals surface area contributed by atoms with Crippen molar-refractivity contribution in [3.05, 3.63) is 0 Å².